The molecule has 0 radical (unpaired) electrons. The van der Waals surface area contributed by atoms with Crippen LogP contribution in [0.4, 0.5) is 0 Å². The number of H-pyrrole nitrogens is 1. The Morgan fingerprint density at radius 2 is 1.28 bits per heavy atom. The first-order chi connectivity index (χ1) is 23.4. The van der Waals surface area contributed by atoms with Crippen LogP contribution in [-0.4, -0.2) is 105 Å². The third kappa shape index (κ3) is 16.4. The number of unbranched alkanes of at least 4 members (excludes halogenated alkanes) is 1. The highest BCUT2D eigenvalue weighted by Gasteiger charge is 2.32. The summed E-state index contributed by atoms with van der Waals surface area (Å²) < 4.78 is 0. The van der Waals surface area contributed by atoms with Crippen molar-refractivity contribution in [2.45, 2.75) is 116 Å². The van der Waals surface area contributed by atoms with Crippen LogP contribution in [0.1, 0.15) is 78.8 Å². The van der Waals surface area contributed by atoms with E-state index in [1.165, 1.54) is 33.3 Å². The third-order valence-corrected chi connectivity index (χ3v) is 7.40. The summed E-state index contributed by atoms with van der Waals surface area (Å²) in [5, 5.41) is 24.1. The van der Waals surface area contributed by atoms with Gasteiger partial charge < -0.3 is 53.5 Å². The highest BCUT2D eigenvalue weighted by Crippen LogP contribution is 2.09. The molecular formula is C31H52N10O9. The standard InChI is InChI=1S/C31H52N10O9/c1-16(2)12-23(40-29(48)22(38-19(5)42)9-10-25(43)44)30(49)37-18(4)27(46)39-21(8-6-7-11-32)28(47)41-24(13-20-14-34-15-35-20)31(50)36-17(3)26(33)45/h14-18,21-24H,6-13,32H2,1-5H3,(H2,33,45)(H,34,35)(H,36,50)(H,37,49)(H,38,42)(H,39,46)(H,40,48)(H,41,47)(H,43,44)/t17-,18-,21-,22-,23-,24-/m0/s1. The van der Waals surface area contributed by atoms with Gasteiger partial charge in [0, 0.05) is 26.0 Å². The molecule has 50 heavy (non-hydrogen) atoms. The largest absolute Gasteiger partial charge is 0.481 e. The molecule has 12 N–H and O–H groups in total. The van der Waals surface area contributed by atoms with Crippen molar-refractivity contribution in [3.05, 3.63) is 18.2 Å². The number of aromatic nitrogens is 2. The zero-order valence-electron chi connectivity index (χ0n) is 29.2. The molecule has 19 nitrogen and oxygen atoms in total. The molecule has 0 aliphatic rings. The Labute approximate surface area is 290 Å². The molecule has 1 aromatic heterocycles. The molecule has 6 atom stereocenters. The fourth-order valence-corrected chi connectivity index (χ4v) is 4.67. The quantitative estimate of drug-likeness (QED) is 0.0528. The second-order valence-corrected chi connectivity index (χ2v) is 12.4. The van der Waals surface area contributed by atoms with Crippen LogP contribution in [0.5, 0.6) is 0 Å². The van der Waals surface area contributed by atoms with Gasteiger partial charge in [-0.15, -0.1) is 0 Å². The van der Waals surface area contributed by atoms with E-state index in [9.17, 15) is 38.4 Å². The van der Waals surface area contributed by atoms with Gasteiger partial charge in [-0.3, -0.25) is 38.4 Å². The van der Waals surface area contributed by atoms with Gasteiger partial charge in [0.2, 0.25) is 41.4 Å². The maximum Gasteiger partial charge on any atom is 0.303 e. The molecule has 0 aliphatic heterocycles. The van der Waals surface area contributed by atoms with Crippen LogP contribution in [0.2, 0.25) is 0 Å². The van der Waals surface area contributed by atoms with E-state index in [1.807, 2.05) is 0 Å². The minimum atomic E-state index is -1.21. The van der Waals surface area contributed by atoms with Gasteiger partial charge >= 0.3 is 5.97 Å². The van der Waals surface area contributed by atoms with Gasteiger partial charge in [-0.1, -0.05) is 13.8 Å². The van der Waals surface area contributed by atoms with E-state index < -0.39 is 90.0 Å². The van der Waals surface area contributed by atoms with Crippen LogP contribution in [-0.2, 0) is 44.8 Å². The van der Waals surface area contributed by atoms with E-state index in [4.69, 9.17) is 16.6 Å². The number of rotatable bonds is 23. The van der Waals surface area contributed by atoms with Crippen molar-refractivity contribution >= 4 is 47.3 Å². The van der Waals surface area contributed by atoms with Crippen LogP contribution in [0.3, 0.4) is 0 Å². The van der Waals surface area contributed by atoms with Crippen molar-refractivity contribution in [3.8, 4) is 0 Å². The van der Waals surface area contributed by atoms with Crippen LogP contribution in [0, 0.1) is 5.92 Å². The number of hydrogen-bond acceptors (Lipinski definition) is 10. The maximum absolute atomic E-state index is 13.5. The second kappa shape index (κ2) is 21.8. The van der Waals surface area contributed by atoms with Crippen LogP contribution >= 0.6 is 0 Å². The summed E-state index contributed by atoms with van der Waals surface area (Å²) in [6, 6.07) is -6.94. The lowest BCUT2D eigenvalue weighted by atomic mass is 10.0. The lowest BCUT2D eigenvalue weighted by Gasteiger charge is -2.26. The number of carboxylic acid groups (broad SMARTS) is 1. The number of amides is 7. The Morgan fingerprint density at radius 3 is 1.80 bits per heavy atom. The number of hydrogen-bond donors (Lipinski definition) is 10. The van der Waals surface area contributed by atoms with Crippen molar-refractivity contribution in [2.24, 2.45) is 17.4 Å². The highest BCUT2D eigenvalue weighted by molar-refractivity contribution is 5.96. The number of imidazole rings is 1. The number of nitrogens with two attached hydrogens (primary N) is 2. The Balaban J connectivity index is 3.11. The second-order valence-electron chi connectivity index (χ2n) is 12.4. The van der Waals surface area contributed by atoms with Gasteiger partial charge in [0.15, 0.2) is 0 Å². The first-order valence-electron chi connectivity index (χ1n) is 16.4. The summed E-state index contributed by atoms with van der Waals surface area (Å²) in [6.07, 6.45) is 3.50. The molecule has 0 fully saturated rings. The number of carbonyl (C=O) groups is 8. The minimum absolute atomic E-state index is 0.0510. The number of nitrogens with zero attached hydrogens (tertiary/aromatic N) is 1. The Bertz CT molecular complexity index is 1320. The molecule has 280 valence electrons. The van der Waals surface area contributed by atoms with Gasteiger partial charge in [-0.05, 0) is 58.4 Å². The molecule has 1 heterocycles. The summed E-state index contributed by atoms with van der Waals surface area (Å²) in [7, 11) is 0. The van der Waals surface area contributed by atoms with Crippen LogP contribution in [0.15, 0.2) is 12.5 Å². The summed E-state index contributed by atoms with van der Waals surface area (Å²) in [4.78, 5) is 107. The summed E-state index contributed by atoms with van der Waals surface area (Å²) in [5.74, 6) is -6.28. The fraction of sp³-hybridized carbons (Fsp3) is 0.645. The average molecular weight is 709 g/mol. The molecule has 7 amide bonds. The summed E-state index contributed by atoms with van der Waals surface area (Å²) in [5.41, 5.74) is 11.3. The molecule has 1 rings (SSSR count). The molecular weight excluding hydrogens is 656 g/mol. The third-order valence-electron chi connectivity index (χ3n) is 7.40. The predicted molar refractivity (Wildman–Crippen MR) is 179 cm³/mol. The zero-order chi connectivity index (χ0) is 38.0. The first kappa shape index (κ1) is 43.0. The van der Waals surface area contributed by atoms with Crippen LogP contribution < -0.4 is 43.4 Å². The number of carbonyl (C=O) groups excluding carboxylic acids is 7. The predicted octanol–water partition coefficient (Wildman–Crippen LogP) is -2.55. The van der Waals surface area contributed by atoms with E-state index >= 15 is 0 Å². The lowest BCUT2D eigenvalue weighted by Crippen LogP contribution is -2.59. The molecule has 0 bridgehead atoms. The summed E-state index contributed by atoms with van der Waals surface area (Å²) in [6.45, 7) is 7.86. The van der Waals surface area contributed by atoms with Crippen molar-refractivity contribution in [1.82, 2.24) is 41.9 Å². The van der Waals surface area contributed by atoms with Crippen molar-refractivity contribution < 1.29 is 43.5 Å². The minimum Gasteiger partial charge on any atom is -0.481 e. The zero-order valence-corrected chi connectivity index (χ0v) is 29.2. The van der Waals surface area contributed by atoms with Crippen molar-refractivity contribution in [3.63, 3.8) is 0 Å². The maximum atomic E-state index is 13.5. The van der Waals surface area contributed by atoms with Gasteiger partial charge in [-0.25, -0.2) is 4.98 Å². The molecule has 0 saturated heterocycles. The van der Waals surface area contributed by atoms with Gasteiger partial charge in [-0.2, -0.15) is 0 Å². The Kier molecular flexibility index (Phi) is 18.7. The normalized spacial score (nSPS) is 14.5. The van der Waals surface area contributed by atoms with E-state index in [2.05, 4.69) is 41.9 Å². The number of nitrogens with one attached hydrogen (secondary N) is 7. The smallest absolute Gasteiger partial charge is 0.303 e. The monoisotopic (exact) mass is 708 g/mol. The number of aliphatic carboxylic acids is 1. The molecule has 0 aromatic carbocycles. The van der Waals surface area contributed by atoms with E-state index in [1.54, 1.807) is 13.8 Å². The molecule has 0 aliphatic carbocycles. The SMILES string of the molecule is CC(=O)N[C@@H](CCC(=O)O)C(=O)N[C@@H](CC(C)C)C(=O)N[C@@H](C)C(=O)N[C@@H](CCCCN)C(=O)N[C@@H](Cc1c[nH]cn1)C(=O)N[C@@H](C)C(N)=O. The molecule has 19 heteroatoms. The van der Waals surface area contributed by atoms with Crippen LogP contribution in [0.25, 0.3) is 0 Å². The number of aromatic amines is 1. The fourth-order valence-electron chi connectivity index (χ4n) is 4.67. The average Bonchev–Trinajstić information content (AvgIpc) is 3.54. The molecule has 1 aromatic rings. The Morgan fingerprint density at radius 1 is 0.740 bits per heavy atom. The van der Waals surface area contributed by atoms with Gasteiger partial charge in [0.25, 0.3) is 0 Å². The number of primary amides is 1. The topological polar surface area (TPSA) is 310 Å². The van der Waals surface area contributed by atoms with E-state index in [0.717, 1.165) is 0 Å². The first-order valence-corrected chi connectivity index (χ1v) is 16.4. The number of carboxylic acids is 1. The Hall–Kier alpha value is -5.07. The highest BCUT2D eigenvalue weighted by atomic mass is 16.4. The van der Waals surface area contributed by atoms with E-state index in [0.29, 0.717) is 25.1 Å². The molecule has 0 unspecified atom stereocenters. The van der Waals surface area contributed by atoms with Crippen molar-refractivity contribution in [1.29, 1.82) is 0 Å². The van der Waals surface area contributed by atoms with E-state index in [-0.39, 0.29) is 31.6 Å². The molecule has 0 spiro atoms. The van der Waals surface area contributed by atoms with Gasteiger partial charge in [0.05, 0.1) is 12.0 Å². The molecule has 0 saturated carbocycles. The van der Waals surface area contributed by atoms with Gasteiger partial charge in [0.1, 0.15) is 36.3 Å². The summed E-state index contributed by atoms with van der Waals surface area (Å²) >= 11 is 0. The lowest BCUT2D eigenvalue weighted by molar-refractivity contribution is -0.138. The van der Waals surface area contributed by atoms with Crippen molar-refractivity contribution in [2.75, 3.05) is 6.54 Å².